The highest BCUT2D eigenvalue weighted by Crippen LogP contribution is 2.13. The smallest absolute Gasteiger partial charge is 0.412 e. The van der Waals surface area contributed by atoms with Crippen LogP contribution in [0.2, 0.25) is 0 Å². The van der Waals surface area contributed by atoms with E-state index in [-0.39, 0.29) is 5.84 Å². The van der Waals surface area contributed by atoms with Gasteiger partial charge >= 0.3 is 6.09 Å². The summed E-state index contributed by atoms with van der Waals surface area (Å²) in [5, 5.41) is 14.0. The second-order valence-corrected chi connectivity index (χ2v) is 5.09. The van der Waals surface area contributed by atoms with Crippen molar-refractivity contribution in [3.05, 3.63) is 29.8 Å². The molecular weight excluding hydrogens is 246 g/mol. The van der Waals surface area contributed by atoms with Crippen molar-refractivity contribution in [2.24, 2.45) is 10.9 Å². The van der Waals surface area contributed by atoms with Crippen LogP contribution in [0.5, 0.6) is 0 Å². The van der Waals surface area contributed by atoms with Gasteiger partial charge in [-0.2, -0.15) is 0 Å². The lowest BCUT2D eigenvalue weighted by atomic mass is 10.1. The number of carbonyl (C=O) groups is 1. The van der Waals surface area contributed by atoms with E-state index in [9.17, 15) is 4.79 Å². The van der Waals surface area contributed by atoms with E-state index in [4.69, 9.17) is 15.7 Å². The Morgan fingerprint density at radius 2 is 1.95 bits per heavy atom. The highest BCUT2D eigenvalue weighted by molar-refractivity contribution is 5.85. The molecule has 0 radical (unpaired) electrons. The fraction of sp³-hybridized carbons (Fsp3) is 0.385. The van der Waals surface area contributed by atoms with Gasteiger partial charge in [0.1, 0.15) is 11.4 Å². The molecule has 0 atom stereocenters. The van der Waals surface area contributed by atoms with Gasteiger partial charge in [-0.05, 0) is 38.5 Å². The van der Waals surface area contributed by atoms with Gasteiger partial charge in [-0.3, -0.25) is 5.32 Å². The Morgan fingerprint density at radius 1 is 1.37 bits per heavy atom. The summed E-state index contributed by atoms with van der Waals surface area (Å²) in [6.07, 6.45) is -0.153. The van der Waals surface area contributed by atoms with Crippen LogP contribution in [-0.4, -0.2) is 22.7 Å². The molecule has 104 valence electrons. The molecule has 19 heavy (non-hydrogen) atoms. The Bertz CT molecular complexity index is 461. The van der Waals surface area contributed by atoms with E-state index in [1.807, 2.05) is 0 Å². The number of nitrogens with zero attached hydrogens (tertiary/aromatic N) is 1. The number of carbonyl (C=O) groups excluding carboxylic acids is 1. The van der Waals surface area contributed by atoms with Crippen molar-refractivity contribution < 1.29 is 14.7 Å². The van der Waals surface area contributed by atoms with Gasteiger partial charge in [0.15, 0.2) is 0 Å². The minimum absolute atomic E-state index is 0.132. The van der Waals surface area contributed by atoms with Crippen molar-refractivity contribution in [2.45, 2.75) is 32.8 Å². The third-order valence-electron chi connectivity index (χ3n) is 2.11. The van der Waals surface area contributed by atoms with Crippen LogP contribution in [0.15, 0.2) is 29.4 Å². The van der Waals surface area contributed by atoms with E-state index in [2.05, 4.69) is 10.5 Å². The van der Waals surface area contributed by atoms with Crippen molar-refractivity contribution in [3.8, 4) is 0 Å². The number of rotatable bonds is 3. The van der Waals surface area contributed by atoms with Crippen LogP contribution < -0.4 is 11.1 Å². The number of oxime groups is 1. The van der Waals surface area contributed by atoms with Crippen molar-refractivity contribution in [1.82, 2.24) is 0 Å². The number of nitrogens with two attached hydrogens (primary N) is 1. The number of amidine groups is 1. The molecule has 0 unspecified atom stereocenters. The Kier molecular flexibility index (Phi) is 4.74. The summed E-state index contributed by atoms with van der Waals surface area (Å²) in [5.74, 6) is 0.132. The lowest BCUT2D eigenvalue weighted by molar-refractivity contribution is 0.0636. The van der Waals surface area contributed by atoms with E-state index in [1.165, 1.54) is 0 Å². The number of amides is 1. The van der Waals surface area contributed by atoms with Crippen LogP contribution in [0.25, 0.3) is 0 Å². The number of benzene rings is 1. The maximum Gasteiger partial charge on any atom is 0.412 e. The van der Waals surface area contributed by atoms with Crippen LogP contribution in [0.4, 0.5) is 10.5 Å². The van der Waals surface area contributed by atoms with Crippen LogP contribution in [-0.2, 0) is 11.2 Å². The zero-order valence-electron chi connectivity index (χ0n) is 11.3. The van der Waals surface area contributed by atoms with Gasteiger partial charge < -0.3 is 15.7 Å². The molecule has 1 aromatic rings. The van der Waals surface area contributed by atoms with Crippen LogP contribution in [0.1, 0.15) is 26.3 Å². The average molecular weight is 265 g/mol. The lowest BCUT2D eigenvalue weighted by Gasteiger charge is -2.19. The standard InChI is InChI=1S/C13H19N3O3/c1-13(2,3)19-12(17)15-10-6-4-9(5-7-10)8-11(14)16-18/h4-7,18H,8H2,1-3H3,(H2,14,16)(H,15,17). The number of hydrogen-bond donors (Lipinski definition) is 3. The summed E-state index contributed by atoms with van der Waals surface area (Å²) in [7, 11) is 0. The number of ether oxygens (including phenoxy) is 1. The maximum absolute atomic E-state index is 11.5. The second-order valence-electron chi connectivity index (χ2n) is 5.09. The Hall–Kier alpha value is -2.24. The van der Waals surface area contributed by atoms with E-state index in [0.29, 0.717) is 12.1 Å². The summed E-state index contributed by atoms with van der Waals surface area (Å²) in [4.78, 5) is 11.5. The van der Waals surface area contributed by atoms with Crippen LogP contribution >= 0.6 is 0 Å². The fourth-order valence-electron chi connectivity index (χ4n) is 1.37. The van der Waals surface area contributed by atoms with Crippen molar-refractivity contribution in [1.29, 1.82) is 0 Å². The molecule has 0 heterocycles. The zero-order chi connectivity index (χ0) is 14.5. The molecule has 0 aliphatic carbocycles. The molecule has 4 N–H and O–H groups in total. The molecule has 6 nitrogen and oxygen atoms in total. The van der Waals surface area contributed by atoms with Gasteiger partial charge in [-0.1, -0.05) is 17.3 Å². The monoisotopic (exact) mass is 265 g/mol. The number of hydrogen-bond acceptors (Lipinski definition) is 4. The summed E-state index contributed by atoms with van der Waals surface area (Å²) < 4.78 is 5.13. The van der Waals surface area contributed by atoms with Gasteiger partial charge in [0.05, 0.1) is 0 Å². The predicted octanol–water partition coefficient (Wildman–Crippen LogP) is 2.32. The third-order valence-corrected chi connectivity index (χ3v) is 2.11. The van der Waals surface area contributed by atoms with Gasteiger partial charge in [-0.25, -0.2) is 4.79 Å². The minimum Gasteiger partial charge on any atom is -0.444 e. The normalized spacial score (nSPS) is 12.1. The molecule has 0 spiro atoms. The van der Waals surface area contributed by atoms with Gasteiger partial charge in [0, 0.05) is 12.1 Å². The van der Waals surface area contributed by atoms with Gasteiger partial charge in [0.2, 0.25) is 0 Å². The molecular formula is C13H19N3O3. The SMILES string of the molecule is CC(C)(C)OC(=O)Nc1ccc(CC(N)=NO)cc1. The summed E-state index contributed by atoms with van der Waals surface area (Å²) in [6, 6.07) is 7.02. The highest BCUT2D eigenvalue weighted by Gasteiger charge is 2.15. The molecule has 0 fully saturated rings. The third kappa shape index (κ3) is 5.76. The predicted molar refractivity (Wildman–Crippen MR) is 73.4 cm³/mol. The van der Waals surface area contributed by atoms with Crippen LogP contribution in [0, 0.1) is 0 Å². The van der Waals surface area contributed by atoms with Crippen molar-refractivity contribution in [2.75, 3.05) is 5.32 Å². The first kappa shape index (κ1) is 14.8. The number of nitrogens with one attached hydrogen (secondary N) is 1. The molecule has 0 aromatic heterocycles. The molecule has 1 aromatic carbocycles. The second kappa shape index (κ2) is 6.08. The quantitative estimate of drug-likeness (QED) is 0.338. The van der Waals surface area contributed by atoms with Gasteiger partial charge in [-0.15, -0.1) is 0 Å². The van der Waals surface area contributed by atoms with Crippen LogP contribution in [0.3, 0.4) is 0 Å². The topological polar surface area (TPSA) is 96.9 Å². The Balaban J connectivity index is 2.60. The first-order valence-electron chi connectivity index (χ1n) is 5.85. The number of anilines is 1. The summed E-state index contributed by atoms with van der Waals surface area (Å²) in [5.41, 5.74) is 6.37. The van der Waals surface area contributed by atoms with E-state index < -0.39 is 11.7 Å². The molecule has 1 rings (SSSR count). The molecule has 0 saturated heterocycles. The summed E-state index contributed by atoms with van der Waals surface area (Å²) in [6.45, 7) is 5.39. The molecule has 0 aliphatic rings. The average Bonchev–Trinajstić information content (AvgIpc) is 2.29. The van der Waals surface area contributed by atoms with Crippen molar-refractivity contribution in [3.63, 3.8) is 0 Å². The van der Waals surface area contributed by atoms with Crippen molar-refractivity contribution >= 4 is 17.6 Å². The minimum atomic E-state index is -0.532. The first-order valence-corrected chi connectivity index (χ1v) is 5.85. The molecule has 0 bridgehead atoms. The Labute approximate surface area is 112 Å². The van der Waals surface area contributed by atoms with E-state index in [0.717, 1.165) is 5.56 Å². The van der Waals surface area contributed by atoms with E-state index >= 15 is 0 Å². The largest absolute Gasteiger partial charge is 0.444 e. The lowest BCUT2D eigenvalue weighted by Crippen LogP contribution is -2.27. The molecule has 1 amide bonds. The molecule has 6 heteroatoms. The maximum atomic E-state index is 11.5. The molecule has 0 aliphatic heterocycles. The Morgan fingerprint density at radius 3 is 2.42 bits per heavy atom. The van der Waals surface area contributed by atoms with E-state index in [1.54, 1.807) is 45.0 Å². The highest BCUT2D eigenvalue weighted by atomic mass is 16.6. The first-order chi connectivity index (χ1) is 8.80. The zero-order valence-corrected chi connectivity index (χ0v) is 11.3. The fourth-order valence-corrected chi connectivity index (χ4v) is 1.37. The van der Waals surface area contributed by atoms with Gasteiger partial charge in [0.25, 0.3) is 0 Å². The summed E-state index contributed by atoms with van der Waals surface area (Å²) >= 11 is 0. The molecule has 0 saturated carbocycles.